The van der Waals surface area contributed by atoms with Crippen molar-refractivity contribution in [3.05, 3.63) is 78.1 Å². The number of hydrogen-bond donors (Lipinski definition) is 0. The molecule has 150 valence electrons. The van der Waals surface area contributed by atoms with Gasteiger partial charge in [0.25, 0.3) is 0 Å². The summed E-state index contributed by atoms with van der Waals surface area (Å²) in [5.74, 6) is 0.852. The maximum Gasteiger partial charge on any atom is 0.498 e. The summed E-state index contributed by atoms with van der Waals surface area (Å²) in [7, 11) is -0.394. The van der Waals surface area contributed by atoms with Crippen molar-refractivity contribution >= 4 is 12.6 Å². The van der Waals surface area contributed by atoms with Crippen LogP contribution in [-0.4, -0.2) is 28.1 Å². The minimum Gasteiger partial charge on any atom is -0.489 e. The third-order valence-corrected chi connectivity index (χ3v) is 5.67. The molecule has 1 aliphatic rings. The van der Waals surface area contributed by atoms with E-state index in [2.05, 4.69) is 57.1 Å². The van der Waals surface area contributed by atoms with E-state index in [1.807, 2.05) is 47.4 Å². The number of rotatable bonds is 6. The molecular formula is C23H27BN2O3. The highest BCUT2D eigenvalue weighted by Gasteiger charge is 2.52. The van der Waals surface area contributed by atoms with Crippen molar-refractivity contribution in [3.8, 4) is 5.75 Å². The van der Waals surface area contributed by atoms with Crippen LogP contribution in [0.15, 0.2) is 67.0 Å². The van der Waals surface area contributed by atoms with Gasteiger partial charge >= 0.3 is 7.12 Å². The van der Waals surface area contributed by atoms with Crippen molar-refractivity contribution in [3.63, 3.8) is 0 Å². The van der Waals surface area contributed by atoms with Gasteiger partial charge in [0.1, 0.15) is 12.4 Å². The lowest BCUT2D eigenvalue weighted by Crippen LogP contribution is -2.41. The fraction of sp³-hybridized carbons (Fsp3) is 0.348. The van der Waals surface area contributed by atoms with Gasteiger partial charge in [0, 0.05) is 17.9 Å². The number of hydrogen-bond acceptors (Lipinski definition) is 4. The molecule has 5 nitrogen and oxygen atoms in total. The van der Waals surface area contributed by atoms with Crippen LogP contribution < -0.4 is 10.2 Å². The van der Waals surface area contributed by atoms with Gasteiger partial charge in [-0.05, 0) is 51.0 Å². The highest BCUT2D eigenvalue weighted by Crippen LogP contribution is 2.36. The van der Waals surface area contributed by atoms with Crippen LogP contribution in [0.2, 0.25) is 0 Å². The summed E-state index contributed by atoms with van der Waals surface area (Å²) in [6, 6.07) is 18.3. The van der Waals surface area contributed by atoms with Crippen LogP contribution in [0.4, 0.5) is 0 Å². The first-order valence-corrected chi connectivity index (χ1v) is 9.96. The molecule has 3 aromatic rings. The second-order valence-corrected chi connectivity index (χ2v) is 8.48. The van der Waals surface area contributed by atoms with Crippen LogP contribution in [-0.2, 0) is 22.5 Å². The summed E-state index contributed by atoms with van der Waals surface area (Å²) in [5.41, 5.74) is 2.49. The van der Waals surface area contributed by atoms with Crippen LogP contribution in [0, 0.1) is 0 Å². The summed E-state index contributed by atoms with van der Waals surface area (Å²) in [4.78, 5) is 0. The Morgan fingerprint density at radius 2 is 1.62 bits per heavy atom. The number of nitrogens with zero attached hydrogens (tertiary/aromatic N) is 2. The number of aromatic nitrogens is 2. The Morgan fingerprint density at radius 3 is 2.34 bits per heavy atom. The Labute approximate surface area is 172 Å². The van der Waals surface area contributed by atoms with E-state index in [-0.39, 0.29) is 11.2 Å². The van der Waals surface area contributed by atoms with Gasteiger partial charge in [0.05, 0.1) is 17.7 Å². The highest BCUT2D eigenvalue weighted by molar-refractivity contribution is 6.62. The summed E-state index contributed by atoms with van der Waals surface area (Å²) in [5, 5.41) is 4.49. The molecule has 0 aliphatic carbocycles. The van der Waals surface area contributed by atoms with Gasteiger partial charge in [-0.25, -0.2) is 0 Å². The van der Waals surface area contributed by atoms with Gasteiger partial charge in [0.15, 0.2) is 0 Å². The molecule has 0 saturated carbocycles. The van der Waals surface area contributed by atoms with Crippen molar-refractivity contribution in [1.82, 2.24) is 9.78 Å². The average Bonchev–Trinajstić information content (AvgIpc) is 3.23. The predicted octanol–water partition coefficient (Wildman–Crippen LogP) is 3.81. The highest BCUT2D eigenvalue weighted by atomic mass is 16.7. The topological polar surface area (TPSA) is 45.5 Å². The van der Waals surface area contributed by atoms with Gasteiger partial charge in [-0.1, -0.05) is 42.5 Å². The van der Waals surface area contributed by atoms with E-state index < -0.39 is 7.12 Å². The van der Waals surface area contributed by atoms with E-state index in [0.29, 0.717) is 13.2 Å². The Balaban J connectivity index is 1.40. The van der Waals surface area contributed by atoms with E-state index in [1.165, 1.54) is 0 Å². The minimum atomic E-state index is -0.394. The fourth-order valence-corrected chi connectivity index (χ4v) is 3.23. The first-order valence-electron chi connectivity index (χ1n) is 9.96. The van der Waals surface area contributed by atoms with Crippen molar-refractivity contribution in [1.29, 1.82) is 0 Å². The summed E-state index contributed by atoms with van der Waals surface area (Å²) in [6.07, 6.45) is 3.80. The monoisotopic (exact) mass is 390 g/mol. The van der Waals surface area contributed by atoms with Gasteiger partial charge in [0.2, 0.25) is 0 Å². The van der Waals surface area contributed by atoms with Gasteiger partial charge < -0.3 is 14.0 Å². The lowest BCUT2D eigenvalue weighted by molar-refractivity contribution is 0.00578. The molecule has 6 heteroatoms. The van der Waals surface area contributed by atoms with E-state index in [0.717, 1.165) is 22.3 Å². The first kappa shape index (κ1) is 19.7. The molecule has 1 aliphatic heterocycles. The van der Waals surface area contributed by atoms with Gasteiger partial charge in [-0.3, -0.25) is 4.68 Å². The summed E-state index contributed by atoms with van der Waals surface area (Å²) >= 11 is 0. The number of ether oxygens (including phenoxy) is 1. The molecule has 0 bridgehead atoms. The number of benzene rings is 2. The molecule has 1 saturated heterocycles. The third kappa shape index (κ3) is 4.39. The van der Waals surface area contributed by atoms with Crippen LogP contribution in [0.5, 0.6) is 5.75 Å². The van der Waals surface area contributed by atoms with E-state index in [9.17, 15) is 0 Å². The fourth-order valence-electron chi connectivity index (χ4n) is 3.23. The molecule has 29 heavy (non-hydrogen) atoms. The normalized spacial score (nSPS) is 17.4. The standard InChI is InChI=1S/C23H27BN2O3/c1-22(2)23(3,4)29-24(28-22)20-14-25-26(16-20)15-19-11-8-12-21(13-19)27-17-18-9-6-5-7-10-18/h5-14,16H,15,17H2,1-4H3. The minimum absolute atomic E-state index is 0.357. The third-order valence-electron chi connectivity index (χ3n) is 5.67. The van der Waals surface area contributed by atoms with Crippen LogP contribution in [0.3, 0.4) is 0 Å². The van der Waals surface area contributed by atoms with E-state index in [1.54, 1.807) is 0 Å². The second kappa shape index (κ2) is 7.69. The zero-order valence-electron chi connectivity index (χ0n) is 17.5. The van der Waals surface area contributed by atoms with Crippen molar-refractivity contribution in [2.75, 3.05) is 0 Å². The molecule has 1 aromatic heterocycles. The SMILES string of the molecule is CC1(C)OB(c2cnn(Cc3cccc(OCc4ccccc4)c3)c2)OC1(C)C. The molecule has 0 N–H and O–H groups in total. The maximum atomic E-state index is 6.11. The van der Waals surface area contributed by atoms with Crippen molar-refractivity contribution < 1.29 is 14.0 Å². The zero-order valence-corrected chi connectivity index (χ0v) is 17.5. The lowest BCUT2D eigenvalue weighted by Gasteiger charge is -2.32. The smallest absolute Gasteiger partial charge is 0.489 e. The molecular weight excluding hydrogens is 363 g/mol. The molecule has 0 radical (unpaired) electrons. The van der Waals surface area contributed by atoms with Crippen LogP contribution >= 0.6 is 0 Å². The molecule has 0 atom stereocenters. The second-order valence-electron chi connectivity index (χ2n) is 8.48. The largest absolute Gasteiger partial charge is 0.498 e. The quantitative estimate of drug-likeness (QED) is 0.601. The first-order chi connectivity index (χ1) is 13.8. The molecule has 0 amide bonds. The van der Waals surface area contributed by atoms with E-state index in [4.69, 9.17) is 14.0 Å². The van der Waals surface area contributed by atoms with Gasteiger partial charge in [-0.15, -0.1) is 0 Å². The Morgan fingerprint density at radius 1 is 0.931 bits per heavy atom. The van der Waals surface area contributed by atoms with Crippen molar-refractivity contribution in [2.45, 2.75) is 52.0 Å². The Kier molecular flexibility index (Phi) is 5.24. The molecule has 0 spiro atoms. The Bertz CT molecular complexity index is 953. The summed E-state index contributed by atoms with van der Waals surface area (Å²) in [6.45, 7) is 9.42. The van der Waals surface area contributed by atoms with Gasteiger partial charge in [-0.2, -0.15) is 5.10 Å². The van der Waals surface area contributed by atoms with Crippen molar-refractivity contribution in [2.24, 2.45) is 0 Å². The molecule has 0 unspecified atom stereocenters. The predicted molar refractivity (Wildman–Crippen MR) is 114 cm³/mol. The molecule has 1 fully saturated rings. The van der Waals surface area contributed by atoms with Crippen LogP contribution in [0.25, 0.3) is 0 Å². The Hall–Kier alpha value is -2.57. The van der Waals surface area contributed by atoms with E-state index >= 15 is 0 Å². The molecule has 4 rings (SSSR count). The zero-order chi connectivity index (χ0) is 20.5. The average molecular weight is 390 g/mol. The summed E-state index contributed by atoms with van der Waals surface area (Å²) < 4.78 is 20.1. The van der Waals surface area contributed by atoms with Crippen LogP contribution in [0.1, 0.15) is 38.8 Å². The molecule has 2 heterocycles. The maximum absolute atomic E-state index is 6.11. The molecule has 2 aromatic carbocycles. The lowest BCUT2D eigenvalue weighted by atomic mass is 9.82.